The van der Waals surface area contributed by atoms with Crippen LogP contribution >= 0.6 is 0 Å². The normalized spacial score (nSPS) is 18.6. The molecular formula is C14H21N3O3. The molecule has 1 aromatic carbocycles. The van der Waals surface area contributed by atoms with E-state index in [2.05, 4.69) is 10.6 Å². The van der Waals surface area contributed by atoms with Crippen LogP contribution < -0.4 is 16.4 Å². The van der Waals surface area contributed by atoms with Crippen LogP contribution in [0.5, 0.6) is 0 Å². The Morgan fingerprint density at radius 2 is 2.30 bits per heavy atom. The van der Waals surface area contributed by atoms with Gasteiger partial charge >= 0.3 is 0 Å². The zero-order chi connectivity index (χ0) is 14.4. The minimum atomic E-state index is -0.104. The number of benzene rings is 1. The second-order valence-corrected chi connectivity index (χ2v) is 4.61. The van der Waals surface area contributed by atoms with Crippen molar-refractivity contribution in [3.8, 4) is 0 Å². The molecule has 1 atom stereocenters. The number of nitrogens with one attached hydrogen (secondary N) is 2. The predicted molar refractivity (Wildman–Crippen MR) is 77.9 cm³/mol. The molecule has 1 aliphatic heterocycles. The van der Waals surface area contributed by atoms with Crippen LogP contribution in [0.2, 0.25) is 0 Å². The van der Waals surface area contributed by atoms with Crippen LogP contribution in [0.1, 0.15) is 17.3 Å². The Morgan fingerprint density at radius 3 is 3.00 bits per heavy atom. The lowest BCUT2D eigenvalue weighted by molar-refractivity contribution is -0.0818. The van der Waals surface area contributed by atoms with E-state index < -0.39 is 0 Å². The summed E-state index contributed by atoms with van der Waals surface area (Å²) in [5.74, 6) is -0.104. The third-order valence-corrected chi connectivity index (χ3v) is 3.06. The summed E-state index contributed by atoms with van der Waals surface area (Å²) in [5.41, 5.74) is 7.85. The number of nitrogens with two attached hydrogens (primary N) is 1. The van der Waals surface area contributed by atoms with Crippen LogP contribution in [0, 0.1) is 0 Å². The van der Waals surface area contributed by atoms with Crippen molar-refractivity contribution in [1.29, 1.82) is 0 Å². The number of carbonyl (C=O) groups excluding carboxylic acids is 1. The van der Waals surface area contributed by atoms with E-state index in [1.807, 2.05) is 6.92 Å². The molecule has 1 saturated heterocycles. The average Bonchev–Trinajstić information content (AvgIpc) is 2.47. The quantitative estimate of drug-likeness (QED) is 0.696. The lowest BCUT2D eigenvalue weighted by Gasteiger charge is -2.24. The Balaban J connectivity index is 1.98. The van der Waals surface area contributed by atoms with Crippen molar-refractivity contribution in [3.63, 3.8) is 0 Å². The minimum Gasteiger partial charge on any atom is -0.397 e. The molecule has 1 unspecified atom stereocenters. The van der Waals surface area contributed by atoms with E-state index >= 15 is 0 Å². The van der Waals surface area contributed by atoms with Crippen LogP contribution in [-0.4, -0.2) is 44.9 Å². The zero-order valence-corrected chi connectivity index (χ0v) is 11.6. The van der Waals surface area contributed by atoms with Gasteiger partial charge in [-0.3, -0.25) is 4.79 Å². The molecule has 0 bridgehead atoms. The Labute approximate surface area is 118 Å². The maximum absolute atomic E-state index is 11.8. The van der Waals surface area contributed by atoms with Crippen LogP contribution in [0.15, 0.2) is 18.2 Å². The van der Waals surface area contributed by atoms with E-state index in [4.69, 9.17) is 15.2 Å². The molecule has 0 saturated carbocycles. The highest BCUT2D eigenvalue weighted by Gasteiger charge is 2.15. The van der Waals surface area contributed by atoms with E-state index in [9.17, 15) is 4.79 Å². The van der Waals surface area contributed by atoms with Crippen molar-refractivity contribution in [3.05, 3.63) is 23.8 Å². The van der Waals surface area contributed by atoms with Crippen molar-refractivity contribution < 1.29 is 14.3 Å². The van der Waals surface area contributed by atoms with Gasteiger partial charge in [0, 0.05) is 18.7 Å². The third kappa shape index (κ3) is 3.85. The summed E-state index contributed by atoms with van der Waals surface area (Å²) in [5, 5.41) is 5.97. The van der Waals surface area contributed by atoms with Gasteiger partial charge in [0.15, 0.2) is 0 Å². The smallest absolute Gasteiger partial charge is 0.251 e. The van der Waals surface area contributed by atoms with Crippen molar-refractivity contribution >= 4 is 17.3 Å². The van der Waals surface area contributed by atoms with Crippen molar-refractivity contribution in [2.45, 2.75) is 13.0 Å². The summed E-state index contributed by atoms with van der Waals surface area (Å²) in [7, 11) is 0. The number of amides is 1. The number of nitrogen functional groups attached to an aromatic ring is 1. The van der Waals surface area contributed by atoms with E-state index in [-0.39, 0.29) is 12.0 Å². The molecule has 0 radical (unpaired) electrons. The lowest BCUT2D eigenvalue weighted by Crippen LogP contribution is -2.34. The topological polar surface area (TPSA) is 85.6 Å². The first-order valence-corrected chi connectivity index (χ1v) is 6.81. The number of anilines is 2. The standard InChI is InChI=1S/C14H21N3O3/c1-2-16-14(18)10-3-4-12(15)13(7-10)17-8-11-9-19-5-6-20-11/h3-4,7,11,17H,2,5-6,8-9,15H2,1H3,(H,16,18). The van der Waals surface area contributed by atoms with Crippen LogP contribution in [0.4, 0.5) is 11.4 Å². The second-order valence-electron chi connectivity index (χ2n) is 4.61. The maximum atomic E-state index is 11.8. The molecule has 6 heteroatoms. The molecule has 1 fully saturated rings. The van der Waals surface area contributed by atoms with E-state index in [1.54, 1.807) is 18.2 Å². The fraction of sp³-hybridized carbons (Fsp3) is 0.500. The zero-order valence-electron chi connectivity index (χ0n) is 11.6. The lowest BCUT2D eigenvalue weighted by atomic mass is 10.1. The molecule has 1 aromatic rings. The Bertz CT molecular complexity index is 459. The molecule has 20 heavy (non-hydrogen) atoms. The van der Waals surface area contributed by atoms with E-state index in [0.717, 1.165) is 5.69 Å². The molecule has 0 aromatic heterocycles. The van der Waals surface area contributed by atoms with Gasteiger partial charge in [-0.2, -0.15) is 0 Å². The van der Waals surface area contributed by atoms with Gasteiger partial charge in [0.05, 0.1) is 37.3 Å². The second kappa shape index (κ2) is 7.12. The number of hydrogen-bond acceptors (Lipinski definition) is 5. The van der Waals surface area contributed by atoms with Crippen LogP contribution in [0.25, 0.3) is 0 Å². The number of carbonyl (C=O) groups is 1. The van der Waals surface area contributed by atoms with Gasteiger partial charge in [0.1, 0.15) is 0 Å². The first-order chi connectivity index (χ1) is 9.70. The SMILES string of the molecule is CCNC(=O)c1ccc(N)c(NCC2COCCO2)c1. The third-order valence-electron chi connectivity index (χ3n) is 3.06. The molecule has 2 rings (SSSR count). The van der Waals surface area contributed by atoms with Crippen molar-refractivity contribution in [2.75, 3.05) is 44.0 Å². The van der Waals surface area contributed by atoms with Gasteiger partial charge in [-0.25, -0.2) is 0 Å². The highest BCUT2D eigenvalue weighted by Crippen LogP contribution is 2.20. The fourth-order valence-corrected chi connectivity index (χ4v) is 1.99. The van der Waals surface area contributed by atoms with Gasteiger partial charge in [-0.05, 0) is 25.1 Å². The molecule has 1 amide bonds. The van der Waals surface area contributed by atoms with Crippen LogP contribution in [-0.2, 0) is 9.47 Å². The predicted octanol–water partition coefficient (Wildman–Crippen LogP) is 0.846. The highest BCUT2D eigenvalue weighted by atomic mass is 16.6. The molecule has 110 valence electrons. The van der Waals surface area contributed by atoms with Gasteiger partial charge in [-0.1, -0.05) is 0 Å². The summed E-state index contributed by atoms with van der Waals surface area (Å²) in [4.78, 5) is 11.8. The summed E-state index contributed by atoms with van der Waals surface area (Å²) in [6.45, 7) is 4.91. The number of hydrogen-bond donors (Lipinski definition) is 3. The molecule has 6 nitrogen and oxygen atoms in total. The number of ether oxygens (including phenoxy) is 2. The maximum Gasteiger partial charge on any atom is 0.251 e. The van der Waals surface area contributed by atoms with Gasteiger partial charge < -0.3 is 25.8 Å². The Kier molecular flexibility index (Phi) is 5.20. The molecule has 1 aliphatic rings. The van der Waals surface area contributed by atoms with Gasteiger partial charge in [0.25, 0.3) is 5.91 Å². The van der Waals surface area contributed by atoms with E-state index in [1.165, 1.54) is 0 Å². The van der Waals surface area contributed by atoms with Crippen LogP contribution in [0.3, 0.4) is 0 Å². The molecule has 4 N–H and O–H groups in total. The molecule has 0 spiro atoms. The first-order valence-electron chi connectivity index (χ1n) is 6.81. The summed E-state index contributed by atoms with van der Waals surface area (Å²) < 4.78 is 10.9. The van der Waals surface area contributed by atoms with E-state index in [0.29, 0.717) is 44.2 Å². The molecule has 1 heterocycles. The summed E-state index contributed by atoms with van der Waals surface area (Å²) in [6.07, 6.45) is 0.0104. The van der Waals surface area contributed by atoms with Gasteiger partial charge in [-0.15, -0.1) is 0 Å². The van der Waals surface area contributed by atoms with Crippen molar-refractivity contribution in [2.24, 2.45) is 0 Å². The number of rotatable bonds is 5. The molecular weight excluding hydrogens is 258 g/mol. The monoisotopic (exact) mass is 279 g/mol. The Hall–Kier alpha value is -1.79. The molecule has 0 aliphatic carbocycles. The fourth-order valence-electron chi connectivity index (χ4n) is 1.99. The van der Waals surface area contributed by atoms with Gasteiger partial charge in [0.2, 0.25) is 0 Å². The summed E-state index contributed by atoms with van der Waals surface area (Å²) in [6, 6.07) is 5.20. The first kappa shape index (κ1) is 14.6. The average molecular weight is 279 g/mol. The minimum absolute atomic E-state index is 0.0104. The largest absolute Gasteiger partial charge is 0.397 e. The van der Waals surface area contributed by atoms with Crippen molar-refractivity contribution in [1.82, 2.24) is 5.32 Å². The summed E-state index contributed by atoms with van der Waals surface area (Å²) >= 11 is 0. The Morgan fingerprint density at radius 1 is 1.45 bits per heavy atom. The highest BCUT2D eigenvalue weighted by molar-refractivity contribution is 5.96.